The summed E-state index contributed by atoms with van der Waals surface area (Å²) in [5, 5.41) is 2.01. The summed E-state index contributed by atoms with van der Waals surface area (Å²) in [6, 6.07) is 11.2. The molecular weight excluding hydrogens is 347 g/mol. The van der Waals surface area contributed by atoms with Gasteiger partial charge in [-0.25, -0.2) is 17.6 Å². The van der Waals surface area contributed by atoms with E-state index >= 15 is 0 Å². The summed E-state index contributed by atoms with van der Waals surface area (Å²) in [5.74, 6) is 0.116. The maximum absolute atomic E-state index is 12.9. The predicted molar refractivity (Wildman–Crippen MR) is 91.0 cm³/mol. The molecule has 0 unspecified atom stereocenters. The van der Waals surface area contributed by atoms with Gasteiger partial charge in [-0.15, -0.1) is 0 Å². The van der Waals surface area contributed by atoms with Crippen molar-refractivity contribution in [1.82, 2.24) is 4.90 Å². The minimum atomic E-state index is -3.58. The van der Waals surface area contributed by atoms with Crippen molar-refractivity contribution in [1.29, 1.82) is 0 Å². The number of anilines is 1. The quantitative estimate of drug-likeness (QED) is 0.846. The number of urea groups is 1. The van der Waals surface area contributed by atoms with E-state index in [0.29, 0.717) is 11.4 Å². The fraction of sp³-hybridized carbons (Fsp3) is 0.235. The molecule has 0 aromatic heterocycles. The molecule has 1 fully saturated rings. The van der Waals surface area contributed by atoms with Crippen molar-refractivity contribution in [2.75, 3.05) is 25.5 Å². The molecule has 0 radical (unpaired) electrons. The van der Waals surface area contributed by atoms with Gasteiger partial charge in [0.15, 0.2) is 9.84 Å². The second-order valence-electron chi connectivity index (χ2n) is 5.69. The van der Waals surface area contributed by atoms with Crippen molar-refractivity contribution in [3.8, 4) is 5.75 Å². The van der Waals surface area contributed by atoms with Gasteiger partial charge < -0.3 is 15.0 Å². The Morgan fingerprint density at radius 3 is 2.52 bits per heavy atom. The minimum absolute atomic E-state index is 0.0618. The summed E-state index contributed by atoms with van der Waals surface area (Å²) in [6.45, 7) is 0.186. The van der Waals surface area contributed by atoms with Crippen LogP contribution in [0.1, 0.15) is 0 Å². The van der Waals surface area contributed by atoms with Crippen molar-refractivity contribution in [3.63, 3.8) is 0 Å². The summed E-state index contributed by atoms with van der Waals surface area (Å²) in [7, 11) is -2.05. The van der Waals surface area contributed by atoms with Gasteiger partial charge in [0, 0.05) is 24.8 Å². The van der Waals surface area contributed by atoms with E-state index in [-0.39, 0.29) is 24.0 Å². The lowest BCUT2D eigenvalue weighted by Crippen LogP contribution is -2.58. The first-order chi connectivity index (χ1) is 11.9. The molecule has 0 spiro atoms. The van der Waals surface area contributed by atoms with Crippen molar-refractivity contribution >= 4 is 21.6 Å². The molecule has 6 nitrogen and oxygen atoms in total. The molecule has 1 aliphatic heterocycles. The second kappa shape index (κ2) is 6.72. The number of rotatable bonds is 4. The highest BCUT2D eigenvalue weighted by Gasteiger charge is 2.40. The number of nitrogens with zero attached hydrogens (tertiary/aromatic N) is 1. The minimum Gasteiger partial charge on any atom is -0.497 e. The smallest absolute Gasteiger partial charge is 0.321 e. The van der Waals surface area contributed by atoms with Crippen LogP contribution in [0.4, 0.5) is 14.9 Å². The fourth-order valence-electron chi connectivity index (χ4n) is 2.52. The number of halogens is 1. The van der Waals surface area contributed by atoms with Crippen LogP contribution in [0.25, 0.3) is 0 Å². The number of methoxy groups -OCH3 is 1. The lowest BCUT2D eigenvalue weighted by Gasteiger charge is -2.38. The molecular formula is C17H17FN2O4S. The largest absolute Gasteiger partial charge is 0.497 e. The van der Waals surface area contributed by atoms with E-state index in [9.17, 15) is 17.6 Å². The first kappa shape index (κ1) is 17.2. The Hall–Kier alpha value is -2.61. The Morgan fingerprint density at radius 2 is 1.88 bits per heavy atom. The van der Waals surface area contributed by atoms with E-state index in [0.717, 1.165) is 12.1 Å². The normalized spacial score (nSPS) is 14.7. The molecule has 0 saturated carbocycles. The summed E-state index contributed by atoms with van der Waals surface area (Å²) < 4.78 is 42.9. The van der Waals surface area contributed by atoms with Crippen LogP contribution in [0.3, 0.4) is 0 Å². The summed E-state index contributed by atoms with van der Waals surface area (Å²) >= 11 is 0. The maximum Gasteiger partial charge on any atom is 0.321 e. The molecule has 0 aliphatic carbocycles. The van der Waals surface area contributed by atoms with Crippen LogP contribution in [-0.4, -0.2) is 44.8 Å². The number of hydrogen-bond acceptors (Lipinski definition) is 4. The highest BCUT2D eigenvalue weighted by atomic mass is 32.2. The molecule has 2 amide bonds. The van der Waals surface area contributed by atoms with E-state index in [1.165, 1.54) is 24.1 Å². The number of carbonyl (C=O) groups excluding carboxylic acids is 1. The first-order valence-corrected chi connectivity index (χ1v) is 9.14. The Kier molecular flexibility index (Phi) is 4.63. The van der Waals surface area contributed by atoms with Crippen LogP contribution in [0.5, 0.6) is 5.75 Å². The molecule has 1 aliphatic rings. The summed E-state index contributed by atoms with van der Waals surface area (Å²) in [6.07, 6.45) is 0. The molecule has 1 heterocycles. The van der Waals surface area contributed by atoms with Crippen LogP contribution in [0.2, 0.25) is 0 Å². The van der Waals surface area contributed by atoms with Crippen LogP contribution in [-0.2, 0) is 9.84 Å². The highest BCUT2D eigenvalue weighted by molar-refractivity contribution is 7.92. The highest BCUT2D eigenvalue weighted by Crippen LogP contribution is 2.25. The third-order valence-corrected chi connectivity index (χ3v) is 6.14. The van der Waals surface area contributed by atoms with Gasteiger partial charge in [-0.1, -0.05) is 6.07 Å². The predicted octanol–water partition coefficient (Wildman–Crippen LogP) is 2.52. The third kappa shape index (κ3) is 3.58. The van der Waals surface area contributed by atoms with E-state index in [1.807, 2.05) is 0 Å². The van der Waals surface area contributed by atoms with Crippen molar-refractivity contribution in [2.45, 2.75) is 10.1 Å². The van der Waals surface area contributed by atoms with Crippen molar-refractivity contribution in [2.24, 2.45) is 0 Å². The molecule has 132 valence electrons. The molecule has 2 aromatic carbocycles. The average molecular weight is 364 g/mol. The molecule has 1 saturated heterocycles. The lowest BCUT2D eigenvalue weighted by atomic mass is 10.2. The lowest BCUT2D eigenvalue weighted by molar-refractivity contribution is 0.182. The Morgan fingerprint density at radius 1 is 1.20 bits per heavy atom. The number of likely N-dealkylation sites (tertiary alicyclic amines) is 1. The number of nitrogens with one attached hydrogen (secondary N) is 1. The SMILES string of the molecule is COc1cccc(NC(=O)N2CC(S(=O)(=O)c3ccc(F)cc3)C2)c1. The van der Waals surface area contributed by atoms with E-state index in [4.69, 9.17) is 4.74 Å². The second-order valence-corrected chi connectivity index (χ2v) is 7.92. The zero-order valence-electron chi connectivity index (χ0n) is 13.5. The molecule has 25 heavy (non-hydrogen) atoms. The van der Waals surface area contributed by atoms with Gasteiger partial charge in [0.25, 0.3) is 0 Å². The van der Waals surface area contributed by atoms with Crippen molar-refractivity contribution < 1.29 is 22.3 Å². The Balaban J connectivity index is 1.61. The molecule has 1 N–H and O–H groups in total. The monoisotopic (exact) mass is 364 g/mol. The van der Waals surface area contributed by atoms with Gasteiger partial charge in [-0.2, -0.15) is 0 Å². The molecule has 2 aromatic rings. The number of sulfone groups is 1. The molecule has 0 atom stereocenters. The van der Waals surface area contributed by atoms with E-state index < -0.39 is 20.9 Å². The number of carbonyl (C=O) groups is 1. The number of hydrogen-bond donors (Lipinski definition) is 1. The summed E-state index contributed by atoms with van der Waals surface area (Å²) in [5.41, 5.74) is 0.564. The van der Waals surface area contributed by atoms with Gasteiger partial charge in [0.2, 0.25) is 0 Å². The standard InChI is InChI=1S/C17H17FN2O4S/c1-24-14-4-2-3-13(9-14)19-17(21)20-10-16(11-20)25(22,23)15-7-5-12(18)6-8-15/h2-9,16H,10-11H2,1H3,(H,19,21). The van der Waals surface area contributed by atoms with Crippen LogP contribution >= 0.6 is 0 Å². The Labute approximate surface area is 145 Å². The molecule has 8 heteroatoms. The van der Waals surface area contributed by atoms with Crippen LogP contribution < -0.4 is 10.1 Å². The van der Waals surface area contributed by atoms with Gasteiger partial charge in [-0.3, -0.25) is 0 Å². The topological polar surface area (TPSA) is 75.7 Å². The summed E-state index contributed by atoms with van der Waals surface area (Å²) in [4.78, 5) is 13.6. The van der Waals surface area contributed by atoms with E-state index in [2.05, 4.69) is 5.32 Å². The van der Waals surface area contributed by atoms with Gasteiger partial charge in [0.1, 0.15) is 16.8 Å². The average Bonchev–Trinajstić information content (AvgIpc) is 2.53. The number of benzene rings is 2. The van der Waals surface area contributed by atoms with Gasteiger partial charge in [0.05, 0.1) is 12.0 Å². The molecule has 3 rings (SSSR count). The zero-order chi connectivity index (χ0) is 18.0. The fourth-order valence-corrected chi connectivity index (χ4v) is 4.17. The van der Waals surface area contributed by atoms with Crippen molar-refractivity contribution in [3.05, 3.63) is 54.3 Å². The van der Waals surface area contributed by atoms with Gasteiger partial charge in [-0.05, 0) is 36.4 Å². The first-order valence-electron chi connectivity index (χ1n) is 7.59. The third-order valence-electron chi connectivity index (χ3n) is 4.04. The molecule has 0 bridgehead atoms. The Bertz CT molecular complexity index is 878. The zero-order valence-corrected chi connectivity index (χ0v) is 14.3. The van der Waals surface area contributed by atoms with Gasteiger partial charge >= 0.3 is 6.03 Å². The van der Waals surface area contributed by atoms with E-state index in [1.54, 1.807) is 24.3 Å². The maximum atomic E-state index is 12.9. The number of amides is 2. The van der Waals surface area contributed by atoms with Crippen LogP contribution in [0.15, 0.2) is 53.4 Å². The van der Waals surface area contributed by atoms with Crippen LogP contribution in [0, 0.1) is 5.82 Å². The number of ether oxygens (including phenoxy) is 1.